The summed E-state index contributed by atoms with van der Waals surface area (Å²) in [6.07, 6.45) is 0. The highest BCUT2D eigenvalue weighted by Crippen LogP contribution is 2.21. The molecule has 2 heterocycles. The Labute approximate surface area is 155 Å². The average Bonchev–Trinajstić information content (AvgIpc) is 3.03. The van der Waals surface area contributed by atoms with Crippen molar-refractivity contribution < 1.29 is 0 Å². The molecule has 0 fully saturated rings. The van der Waals surface area contributed by atoms with Gasteiger partial charge in [-0.3, -0.25) is 0 Å². The highest BCUT2D eigenvalue weighted by Gasteiger charge is 2.21. The van der Waals surface area contributed by atoms with Crippen molar-refractivity contribution in [3.63, 3.8) is 0 Å². The Balaban J connectivity index is 1.75. The van der Waals surface area contributed by atoms with Crippen LogP contribution in [0.1, 0.15) is 44.6 Å². The van der Waals surface area contributed by atoms with E-state index in [9.17, 15) is 0 Å². The molecule has 0 bridgehead atoms. The van der Waals surface area contributed by atoms with Crippen LogP contribution in [0.15, 0.2) is 36.4 Å². The maximum Gasteiger partial charge on any atom is 0.178 e. The van der Waals surface area contributed by atoms with Gasteiger partial charge in [-0.05, 0) is 36.9 Å². The summed E-state index contributed by atoms with van der Waals surface area (Å²) >= 11 is 0. The summed E-state index contributed by atoms with van der Waals surface area (Å²) < 4.78 is 1.83. The standard InChI is InChI=1S/C20H28N6/c1-6-25(5)14-16-9-7-8-15(12-16)13-21-17-10-11-18-22-23-19(20(2,3)4)26(18)24-17/h7-12H,6,13-14H2,1-5H3,(H,21,24). The van der Waals surface area contributed by atoms with Crippen molar-refractivity contribution in [3.05, 3.63) is 53.3 Å². The lowest BCUT2D eigenvalue weighted by molar-refractivity contribution is 0.345. The van der Waals surface area contributed by atoms with Crippen molar-refractivity contribution in [2.45, 2.75) is 46.2 Å². The van der Waals surface area contributed by atoms with Crippen LogP contribution in [-0.4, -0.2) is 38.3 Å². The molecule has 6 heteroatoms. The molecule has 0 radical (unpaired) electrons. The Hall–Kier alpha value is -2.47. The van der Waals surface area contributed by atoms with Crippen LogP contribution in [-0.2, 0) is 18.5 Å². The number of benzene rings is 1. The Morgan fingerprint density at radius 1 is 1.08 bits per heavy atom. The fourth-order valence-corrected chi connectivity index (χ4v) is 2.80. The predicted molar refractivity (Wildman–Crippen MR) is 105 cm³/mol. The van der Waals surface area contributed by atoms with Crippen molar-refractivity contribution in [3.8, 4) is 0 Å². The third kappa shape index (κ3) is 4.19. The number of rotatable bonds is 6. The van der Waals surface area contributed by atoms with E-state index in [1.165, 1.54) is 11.1 Å². The van der Waals surface area contributed by atoms with Crippen LogP contribution in [0.2, 0.25) is 0 Å². The summed E-state index contributed by atoms with van der Waals surface area (Å²) in [5.74, 6) is 1.68. The summed E-state index contributed by atoms with van der Waals surface area (Å²) in [4.78, 5) is 2.29. The van der Waals surface area contributed by atoms with Gasteiger partial charge in [0.1, 0.15) is 5.82 Å². The maximum absolute atomic E-state index is 4.67. The Morgan fingerprint density at radius 3 is 2.58 bits per heavy atom. The molecule has 0 atom stereocenters. The van der Waals surface area contributed by atoms with E-state index in [0.717, 1.165) is 36.9 Å². The van der Waals surface area contributed by atoms with E-state index >= 15 is 0 Å². The molecule has 0 aliphatic carbocycles. The molecule has 26 heavy (non-hydrogen) atoms. The molecule has 0 saturated carbocycles. The van der Waals surface area contributed by atoms with Gasteiger partial charge in [-0.25, -0.2) is 0 Å². The number of aromatic nitrogens is 4. The molecule has 0 unspecified atom stereocenters. The van der Waals surface area contributed by atoms with Gasteiger partial charge >= 0.3 is 0 Å². The zero-order chi connectivity index (χ0) is 18.7. The number of nitrogens with zero attached hydrogens (tertiary/aromatic N) is 5. The molecule has 6 nitrogen and oxygen atoms in total. The number of anilines is 1. The number of nitrogens with one attached hydrogen (secondary N) is 1. The van der Waals surface area contributed by atoms with Crippen LogP contribution < -0.4 is 5.32 Å². The van der Waals surface area contributed by atoms with Gasteiger partial charge in [0.05, 0.1) is 0 Å². The fraction of sp³-hybridized carbons (Fsp3) is 0.450. The molecular weight excluding hydrogens is 324 g/mol. The van der Waals surface area contributed by atoms with Crippen molar-refractivity contribution in [1.29, 1.82) is 0 Å². The lowest BCUT2D eigenvalue weighted by atomic mass is 9.96. The monoisotopic (exact) mass is 352 g/mol. The van der Waals surface area contributed by atoms with E-state index in [-0.39, 0.29) is 5.41 Å². The Bertz CT molecular complexity index is 877. The van der Waals surface area contributed by atoms with Crippen LogP contribution in [0.25, 0.3) is 5.65 Å². The second-order valence-electron chi connectivity index (χ2n) is 7.77. The molecule has 0 spiro atoms. The molecule has 0 amide bonds. The van der Waals surface area contributed by atoms with Crippen molar-refractivity contribution in [2.75, 3.05) is 18.9 Å². The normalized spacial score (nSPS) is 12.1. The van der Waals surface area contributed by atoms with Gasteiger partial charge in [0, 0.05) is 18.5 Å². The molecule has 1 aromatic carbocycles. The first-order chi connectivity index (χ1) is 12.4. The summed E-state index contributed by atoms with van der Waals surface area (Å²) in [5.41, 5.74) is 3.23. The van der Waals surface area contributed by atoms with Crippen LogP contribution in [0.4, 0.5) is 5.82 Å². The van der Waals surface area contributed by atoms with E-state index in [1.54, 1.807) is 0 Å². The highest BCUT2D eigenvalue weighted by molar-refractivity contribution is 5.45. The van der Waals surface area contributed by atoms with Gasteiger partial charge < -0.3 is 10.2 Å². The summed E-state index contributed by atoms with van der Waals surface area (Å²) in [6.45, 7) is 11.3. The largest absolute Gasteiger partial charge is 0.365 e. The van der Waals surface area contributed by atoms with E-state index in [0.29, 0.717) is 0 Å². The smallest absolute Gasteiger partial charge is 0.178 e. The Kier molecular flexibility index (Phi) is 5.23. The zero-order valence-corrected chi connectivity index (χ0v) is 16.3. The minimum absolute atomic E-state index is 0.106. The summed E-state index contributed by atoms with van der Waals surface area (Å²) in [7, 11) is 2.13. The lowest BCUT2D eigenvalue weighted by Gasteiger charge is -2.16. The topological polar surface area (TPSA) is 58.3 Å². The van der Waals surface area contributed by atoms with Crippen LogP contribution in [0.3, 0.4) is 0 Å². The number of fused-ring (bicyclic) bond motifs is 1. The number of hydrogen-bond acceptors (Lipinski definition) is 5. The molecule has 0 aliphatic heterocycles. The molecule has 3 aromatic rings. The molecule has 3 rings (SSSR count). The quantitative estimate of drug-likeness (QED) is 0.736. The maximum atomic E-state index is 4.67. The molecular formula is C20H28N6. The van der Waals surface area contributed by atoms with Gasteiger partial charge in [0.15, 0.2) is 11.5 Å². The van der Waals surface area contributed by atoms with Crippen LogP contribution >= 0.6 is 0 Å². The third-order valence-electron chi connectivity index (χ3n) is 4.39. The second kappa shape index (κ2) is 7.41. The van der Waals surface area contributed by atoms with Gasteiger partial charge in [-0.1, -0.05) is 52.0 Å². The summed E-state index contributed by atoms with van der Waals surface area (Å²) in [6, 6.07) is 12.6. The SMILES string of the molecule is CCN(C)Cc1cccc(CNc2ccc3nnc(C(C)(C)C)n3n2)c1. The van der Waals surface area contributed by atoms with E-state index in [1.807, 2.05) is 16.6 Å². The first kappa shape index (κ1) is 18.3. The van der Waals surface area contributed by atoms with Gasteiger partial charge in [0.25, 0.3) is 0 Å². The predicted octanol–water partition coefficient (Wildman–Crippen LogP) is 3.49. The molecule has 0 saturated heterocycles. The third-order valence-corrected chi connectivity index (χ3v) is 4.39. The zero-order valence-electron chi connectivity index (χ0n) is 16.3. The van der Waals surface area contributed by atoms with Gasteiger partial charge in [-0.2, -0.15) is 4.52 Å². The first-order valence-corrected chi connectivity index (χ1v) is 9.10. The van der Waals surface area contributed by atoms with Crippen molar-refractivity contribution >= 4 is 11.5 Å². The molecule has 2 aromatic heterocycles. The minimum atomic E-state index is -0.106. The van der Waals surface area contributed by atoms with Gasteiger partial charge in [0.2, 0.25) is 0 Å². The second-order valence-corrected chi connectivity index (χ2v) is 7.77. The number of hydrogen-bond donors (Lipinski definition) is 1. The fourth-order valence-electron chi connectivity index (χ4n) is 2.80. The van der Waals surface area contributed by atoms with Gasteiger partial charge in [-0.15, -0.1) is 15.3 Å². The van der Waals surface area contributed by atoms with E-state index < -0.39 is 0 Å². The lowest BCUT2D eigenvalue weighted by Crippen LogP contribution is -2.17. The van der Waals surface area contributed by atoms with E-state index in [2.05, 4.69) is 84.5 Å². The minimum Gasteiger partial charge on any atom is -0.365 e. The average molecular weight is 352 g/mol. The van der Waals surface area contributed by atoms with Crippen LogP contribution in [0.5, 0.6) is 0 Å². The van der Waals surface area contributed by atoms with Crippen LogP contribution in [0, 0.1) is 0 Å². The Morgan fingerprint density at radius 2 is 1.85 bits per heavy atom. The highest BCUT2D eigenvalue weighted by atomic mass is 15.4. The molecule has 138 valence electrons. The van der Waals surface area contributed by atoms with Crippen molar-refractivity contribution in [1.82, 2.24) is 24.7 Å². The van der Waals surface area contributed by atoms with Crippen molar-refractivity contribution in [2.24, 2.45) is 0 Å². The molecule has 0 aliphatic rings. The first-order valence-electron chi connectivity index (χ1n) is 9.10. The van der Waals surface area contributed by atoms with E-state index in [4.69, 9.17) is 0 Å². The molecule has 1 N–H and O–H groups in total. The summed E-state index contributed by atoms with van der Waals surface area (Å²) in [5, 5.41) is 16.6.